The van der Waals surface area contributed by atoms with Crippen LogP contribution in [0, 0.1) is 0 Å². The number of nitrogens with zero attached hydrogens (tertiary/aromatic N) is 4. The molecule has 5 rings (SSSR count). The second kappa shape index (κ2) is 7.95. The number of hydrogen-bond donors (Lipinski definition) is 1. The van der Waals surface area contributed by atoms with Crippen molar-refractivity contribution >= 4 is 45.6 Å². The van der Waals surface area contributed by atoms with Crippen molar-refractivity contribution in [3.05, 3.63) is 96.6 Å². The maximum absolute atomic E-state index is 4.67. The van der Waals surface area contributed by atoms with Gasteiger partial charge in [-0.2, -0.15) is 0 Å². The van der Waals surface area contributed by atoms with Crippen LogP contribution in [0.1, 0.15) is 11.1 Å². The topological polar surface area (TPSA) is 48.3 Å². The lowest BCUT2D eigenvalue weighted by molar-refractivity contribution is -0.671. The van der Waals surface area contributed by atoms with Crippen molar-refractivity contribution in [2.75, 3.05) is 0 Å². The quantitative estimate of drug-likeness (QED) is 0.339. The predicted octanol–water partition coefficient (Wildman–Crippen LogP) is 4.47. The first-order chi connectivity index (χ1) is 15.1. The molecular formula is C26H23N5+2. The molecule has 0 fully saturated rings. The largest absolute Gasteiger partial charge is 0.355 e. The molecule has 0 saturated heterocycles. The Labute approximate surface area is 180 Å². The van der Waals surface area contributed by atoms with Crippen molar-refractivity contribution in [2.45, 2.75) is 0 Å². The summed E-state index contributed by atoms with van der Waals surface area (Å²) >= 11 is 0. The number of aromatic amines is 1. The van der Waals surface area contributed by atoms with E-state index in [1.54, 1.807) is 0 Å². The van der Waals surface area contributed by atoms with E-state index in [4.69, 9.17) is 0 Å². The Morgan fingerprint density at radius 1 is 0.613 bits per heavy atom. The molecule has 0 aliphatic carbocycles. The van der Waals surface area contributed by atoms with Gasteiger partial charge >= 0.3 is 0 Å². The van der Waals surface area contributed by atoms with Crippen LogP contribution in [0.15, 0.2) is 95.4 Å². The molecule has 0 amide bonds. The summed E-state index contributed by atoms with van der Waals surface area (Å²) in [5.74, 6) is 0. The minimum atomic E-state index is 0.924. The standard InChI is InChI=1S/C26H22N5/c1-30-11-7-19(8-12-30)17-27-21-3-5-25-23(15-21)24-16-22(4-6-26(24)29-25)28-18-20-9-13-31(2)14-10-20/h3-18H,1-2H3/q+1/p+1. The molecule has 0 aliphatic rings. The van der Waals surface area contributed by atoms with Gasteiger partial charge < -0.3 is 4.98 Å². The van der Waals surface area contributed by atoms with Gasteiger partial charge in [0.2, 0.25) is 0 Å². The highest BCUT2D eigenvalue weighted by molar-refractivity contribution is 6.09. The van der Waals surface area contributed by atoms with Gasteiger partial charge in [0, 0.05) is 69.6 Å². The van der Waals surface area contributed by atoms with Gasteiger partial charge in [0.05, 0.1) is 11.4 Å². The third-order valence-corrected chi connectivity index (χ3v) is 5.30. The zero-order valence-electron chi connectivity index (χ0n) is 17.5. The van der Waals surface area contributed by atoms with Crippen LogP contribution >= 0.6 is 0 Å². The lowest BCUT2D eigenvalue weighted by Gasteiger charge is -1.97. The van der Waals surface area contributed by atoms with Gasteiger partial charge in [-0.25, -0.2) is 9.13 Å². The zero-order chi connectivity index (χ0) is 21.2. The molecular weight excluding hydrogens is 382 g/mol. The summed E-state index contributed by atoms with van der Waals surface area (Å²) in [5.41, 5.74) is 6.18. The smallest absolute Gasteiger partial charge is 0.169 e. The van der Waals surface area contributed by atoms with E-state index in [9.17, 15) is 0 Å². The Hall–Kier alpha value is -4.12. The Morgan fingerprint density at radius 3 is 1.45 bits per heavy atom. The van der Waals surface area contributed by atoms with E-state index < -0.39 is 0 Å². The second-order valence-corrected chi connectivity index (χ2v) is 7.70. The third-order valence-electron chi connectivity index (χ3n) is 5.30. The molecule has 0 atom stereocenters. The van der Waals surface area contributed by atoms with Crippen LogP contribution in [0.4, 0.5) is 11.4 Å². The Kier molecular flexibility index (Phi) is 4.84. The molecule has 0 radical (unpaired) electrons. The highest BCUT2D eigenvalue weighted by Crippen LogP contribution is 2.31. The summed E-state index contributed by atoms with van der Waals surface area (Å²) in [6.07, 6.45) is 11.9. The van der Waals surface area contributed by atoms with Crippen molar-refractivity contribution in [3.63, 3.8) is 0 Å². The molecule has 1 N–H and O–H groups in total. The van der Waals surface area contributed by atoms with Crippen molar-refractivity contribution in [3.8, 4) is 0 Å². The molecule has 0 saturated carbocycles. The van der Waals surface area contributed by atoms with E-state index in [1.807, 2.05) is 96.8 Å². The number of benzene rings is 2. The molecule has 5 heteroatoms. The molecule has 150 valence electrons. The van der Waals surface area contributed by atoms with E-state index in [1.165, 1.54) is 0 Å². The summed E-state index contributed by atoms with van der Waals surface area (Å²) in [7, 11) is 4.01. The summed E-state index contributed by atoms with van der Waals surface area (Å²) in [6.45, 7) is 0. The molecule has 0 spiro atoms. The molecule has 0 unspecified atom stereocenters. The molecule has 5 nitrogen and oxygen atoms in total. The molecule has 3 aromatic heterocycles. The molecule has 2 aromatic carbocycles. The zero-order valence-corrected chi connectivity index (χ0v) is 17.5. The third kappa shape index (κ3) is 4.12. The number of hydrogen-bond acceptors (Lipinski definition) is 2. The average molecular weight is 406 g/mol. The maximum atomic E-state index is 4.67. The van der Waals surface area contributed by atoms with E-state index in [0.29, 0.717) is 0 Å². The number of nitrogens with one attached hydrogen (secondary N) is 1. The van der Waals surface area contributed by atoms with Gasteiger partial charge in [-0.1, -0.05) is 0 Å². The van der Waals surface area contributed by atoms with Crippen molar-refractivity contribution in [1.29, 1.82) is 0 Å². The fourth-order valence-corrected chi connectivity index (χ4v) is 3.53. The van der Waals surface area contributed by atoms with Crippen LogP contribution in [0.2, 0.25) is 0 Å². The van der Waals surface area contributed by atoms with Crippen LogP contribution in [-0.4, -0.2) is 17.4 Å². The summed E-state index contributed by atoms with van der Waals surface area (Å²) in [5, 5.41) is 2.29. The lowest BCUT2D eigenvalue weighted by atomic mass is 10.1. The number of fused-ring (bicyclic) bond motifs is 3. The molecule has 31 heavy (non-hydrogen) atoms. The normalized spacial score (nSPS) is 11.9. The van der Waals surface area contributed by atoms with Crippen molar-refractivity contribution in [2.24, 2.45) is 24.1 Å². The minimum absolute atomic E-state index is 0.924. The number of aliphatic imine (C=N–C) groups is 2. The highest BCUT2D eigenvalue weighted by atomic mass is 14.9. The first-order valence-electron chi connectivity index (χ1n) is 10.2. The van der Waals surface area contributed by atoms with Gasteiger partial charge in [0.15, 0.2) is 24.8 Å². The fourth-order valence-electron chi connectivity index (χ4n) is 3.53. The van der Waals surface area contributed by atoms with E-state index in [-0.39, 0.29) is 0 Å². The fraction of sp³-hybridized carbons (Fsp3) is 0.0769. The summed E-state index contributed by atoms with van der Waals surface area (Å²) in [6, 6.07) is 20.7. The predicted molar refractivity (Wildman–Crippen MR) is 126 cm³/mol. The lowest BCUT2D eigenvalue weighted by Crippen LogP contribution is -2.25. The number of pyridine rings is 2. The van der Waals surface area contributed by atoms with Crippen molar-refractivity contribution < 1.29 is 9.13 Å². The van der Waals surface area contributed by atoms with Crippen molar-refractivity contribution in [1.82, 2.24) is 4.98 Å². The minimum Gasteiger partial charge on any atom is -0.355 e. The molecule has 0 aliphatic heterocycles. The highest BCUT2D eigenvalue weighted by Gasteiger charge is 2.06. The van der Waals surface area contributed by atoms with Crippen LogP contribution < -0.4 is 9.13 Å². The average Bonchev–Trinajstić information content (AvgIpc) is 3.15. The van der Waals surface area contributed by atoms with E-state index >= 15 is 0 Å². The molecule has 3 heterocycles. The second-order valence-electron chi connectivity index (χ2n) is 7.70. The van der Waals surface area contributed by atoms with E-state index in [2.05, 4.69) is 39.2 Å². The van der Waals surface area contributed by atoms with E-state index in [0.717, 1.165) is 44.3 Å². The van der Waals surface area contributed by atoms with Gasteiger partial charge in [0.25, 0.3) is 0 Å². The number of aromatic nitrogens is 3. The SMILES string of the molecule is C[n+]1ccc(/C=N/c2ccc3[nH]c4ccc(/N=C/c5cc[n+](C)cc5)cc4c3c2)cc1. The van der Waals surface area contributed by atoms with Crippen LogP contribution in [0.25, 0.3) is 21.8 Å². The van der Waals surface area contributed by atoms with Gasteiger partial charge in [0.1, 0.15) is 14.1 Å². The van der Waals surface area contributed by atoms with Crippen LogP contribution in [-0.2, 0) is 14.1 Å². The Morgan fingerprint density at radius 2 is 1.03 bits per heavy atom. The van der Waals surface area contributed by atoms with Gasteiger partial charge in [-0.15, -0.1) is 0 Å². The van der Waals surface area contributed by atoms with Gasteiger partial charge in [-0.05, 0) is 36.4 Å². The number of aryl methyl sites for hydroxylation is 2. The Balaban J connectivity index is 1.48. The summed E-state index contributed by atoms with van der Waals surface area (Å²) in [4.78, 5) is 12.8. The number of H-pyrrole nitrogens is 1. The van der Waals surface area contributed by atoms with Crippen LogP contribution in [0.5, 0.6) is 0 Å². The molecule has 5 aromatic rings. The van der Waals surface area contributed by atoms with Gasteiger partial charge in [-0.3, -0.25) is 9.98 Å². The maximum Gasteiger partial charge on any atom is 0.169 e. The summed E-state index contributed by atoms with van der Waals surface area (Å²) < 4.78 is 4.01. The number of rotatable bonds is 4. The Bertz CT molecular complexity index is 1320. The first-order valence-corrected chi connectivity index (χ1v) is 10.2. The molecule has 0 bridgehead atoms. The monoisotopic (exact) mass is 405 g/mol. The van der Waals surface area contributed by atoms with Crippen LogP contribution in [0.3, 0.4) is 0 Å². The first kappa shape index (κ1) is 18.9.